The van der Waals surface area contributed by atoms with Crippen molar-refractivity contribution in [2.75, 3.05) is 13.1 Å². The highest BCUT2D eigenvalue weighted by atomic mass is 32.2. The lowest BCUT2D eigenvalue weighted by Crippen LogP contribution is -2.28. The summed E-state index contributed by atoms with van der Waals surface area (Å²) in [6, 6.07) is 7.88. The molecule has 1 amide bonds. The first-order chi connectivity index (χ1) is 12.8. The van der Waals surface area contributed by atoms with Crippen LogP contribution in [0.4, 0.5) is 0 Å². The number of sulfonamides is 1. The smallest absolute Gasteiger partial charge is 0.271 e. The fourth-order valence-corrected chi connectivity index (χ4v) is 4.69. The molecule has 2 aromatic rings. The van der Waals surface area contributed by atoms with Crippen molar-refractivity contribution in [3.8, 4) is 0 Å². The van der Waals surface area contributed by atoms with Crippen molar-refractivity contribution in [1.82, 2.24) is 9.73 Å². The van der Waals surface area contributed by atoms with E-state index < -0.39 is 15.9 Å². The van der Waals surface area contributed by atoms with Crippen molar-refractivity contribution in [3.63, 3.8) is 0 Å². The van der Waals surface area contributed by atoms with E-state index in [0.717, 1.165) is 29.9 Å². The molecular formula is C19H23N3O4S. The predicted molar refractivity (Wildman–Crippen MR) is 102 cm³/mol. The normalized spacial score (nSPS) is 15.9. The highest BCUT2D eigenvalue weighted by molar-refractivity contribution is 7.89. The van der Waals surface area contributed by atoms with Gasteiger partial charge in [0.2, 0.25) is 10.0 Å². The molecule has 2 heterocycles. The summed E-state index contributed by atoms with van der Waals surface area (Å²) in [5.41, 5.74) is 4.15. The van der Waals surface area contributed by atoms with Crippen LogP contribution in [0.15, 0.2) is 44.7 Å². The van der Waals surface area contributed by atoms with Crippen molar-refractivity contribution >= 4 is 21.6 Å². The summed E-state index contributed by atoms with van der Waals surface area (Å²) in [7, 11) is -3.57. The summed E-state index contributed by atoms with van der Waals surface area (Å²) < 4.78 is 32.2. The second-order valence-corrected chi connectivity index (χ2v) is 8.54. The largest absolute Gasteiger partial charge is 0.466 e. The molecule has 0 spiro atoms. The molecule has 1 aromatic heterocycles. The van der Waals surface area contributed by atoms with Crippen LogP contribution < -0.4 is 5.43 Å². The van der Waals surface area contributed by atoms with Gasteiger partial charge in [0.05, 0.1) is 10.6 Å². The topological polar surface area (TPSA) is 92.0 Å². The Kier molecular flexibility index (Phi) is 5.48. The molecule has 0 radical (unpaired) electrons. The van der Waals surface area contributed by atoms with Crippen LogP contribution in [0.1, 0.15) is 47.2 Å². The fraction of sp³-hybridized carbons (Fsp3) is 0.368. The molecule has 0 saturated carbocycles. The Morgan fingerprint density at radius 1 is 1.19 bits per heavy atom. The van der Waals surface area contributed by atoms with Gasteiger partial charge in [-0.25, -0.2) is 13.8 Å². The first-order valence-corrected chi connectivity index (χ1v) is 10.3. The van der Waals surface area contributed by atoms with E-state index in [1.54, 1.807) is 19.1 Å². The fourth-order valence-electron chi connectivity index (χ4n) is 3.12. The molecule has 0 atom stereocenters. The lowest BCUT2D eigenvalue weighted by molar-refractivity contribution is 0.0954. The summed E-state index contributed by atoms with van der Waals surface area (Å²) in [5.74, 6) is 1.02. The molecular weight excluding hydrogens is 366 g/mol. The van der Waals surface area contributed by atoms with Gasteiger partial charge < -0.3 is 4.42 Å². The number of benzene rings is 1. The number of hydrazone groups is 1. The van der Waals surface area contributed by atoms with Crippen LogP contribution in [0.2, 0.25) is 0 Å². The van der Waals surface area contributed by atoms with Crippen molar-refractivity contribution < 1.29 is 17.6 Å². The highest BCUT2D eigenvalue weighted by Crippen LogP contribution is 2.21. The summed E-state index contributed by atoms with van der Waals surface area (Å²) in [5, 5.41) is 4.11. The lowest BCUT2D eigenvalue weighted by atomic mass is 10.2. The summed E-state index contributed by atoms with van der Waals surface area (Å²) in [6.45, 7) is 6.48. The van der Waals surface area contributed by atoms with Crippen LogP contribution >= 0.6 is 0 Å². The molecule has 0 unspecified atom stereocenters. The lowest BCUT2D eigenvalue weighted by Gasteiger charge is -2.15. The second kappa shape index (κ2) is 7.66. The van der Waals surface area contributed by atoms with Crippen molar-refractivity contribution in [1.29, 1.82) is 0 Å². The van der Waals surface area contributed by atoms with Crippen LogP contribution in [0, 0.1) is 13.8 Å². The highest BCUT2D eigenvalue weighted by Gasteiger charge is 2.27. The molecule has 144 valence electrons. The van der Waals surface area contributed by atoms with Crippen molar-refractivity contribution in [3.05, 3.63) is 53.0 Å². The van der Waals surface area contributed by atoms with Gasteiger partial charge in [-0.05, 0) is 57.9 Å². The SMILES string of the molecule is C/C(=N/NC(=O)c1cccc(S(=O)(=O)N2CCCC2)c1)c1cc(C)oc1C. The molecule has 1 fully saturated rings. The third kappa shape index (κ3) is 4.12. The molecule has 27 heavy (non-hydrogen) atoms. The maximum absolute atomic E-state index is 12.7. The maximum Gasteiger partial charge on any atom is 0.271 e. The number of amides is 1. The van der Waals surface area contributed by atoms with Crippen LogP contribution in [0.25, 0.3) is 0 Å². The number of carbonyl (C=O) groups is 1. The van der Waals surface area contributed by atoms with Crippen molar-refractivity contribution in [2.45, 2.75) is 38.5 Å². The molecule has 3 rings (SSSR count). The Hall–Kier alpha value is -2.45. The van der Waals surface area contributed by atoms with E-state index in [0.29, 0.717) is 18.8 Å². The first kappa shape index (κ1) is 19.3. The van der Waals surface area contributed by atoms with Gasteiger partial charge in [-0.1, -0.05) is 6.07 Å². The van der Waals surface area contributed by atoms with E-state index in [1.807, 2.05) is 19.9 Å². The average Bonchev–Trinajstić information content (AvgIpc) is 3.29. The molecule has 1 saturated heterocycles. The van der Waals surface area contributed by atoms with E-state index in [9.17, 15) is 13.2 Å². The molecule has 0 bridgehead atoms. The summed E-state index contributed by atoms with van der Waals surface area (Å²) in [4.78, 5) is 12.5. The number of carbonyl (C=O) groups excluding carboxylic acids is 1. The third-order valence-electron chi connectivity index (χ3n) is 4.55. The van der Waals surface area contributed by atoms with E-state index in [1.165, 1.54) is 16.4 Å². The minimum atomic E-state index is -3.57. The number of rotatable bonds is 5. The van der Waals surface area contributed by atoms with Gasteiger partial charge in [-0.3, -0.25) is 4.79 Å². The molecule has 1 aliphatic heterocycles. The van der Waals surface area contributed by atoms with E-state index in [-0.39, 0.29) is 10.5 Å². The Morgan fingerprint density at radius 2 is 1.89 bits per heavy atom. The van der Waals surface area contributed by atoms with Crippen molar-refractivity contribution in [2.24, 2.45) is 5.10 Å². The monoisotopic (exact) mass is 389 g/mol. The van der Waals surface area contributed by atoms with Gasteiger partial charge in [0.15, 0.2) is 0 Å². The van der Waals surface area contributed by atoms with Gasteiger partial charge in [0, 0.05) is 24.2 Å². The van der Waals surface area contributed by atoms with Gasteiger partial charge in [0.1, 0.15) is 11.5 Å². The predicted octanol–water partition coefficient (Wildman–Crippen LogP) is 2.83. The quantitative estimate of drug-likeness (QED) is 0.629. The second-order valence-electron chi connectivity index (χ2n) is 6.60. The van der Waals surface area contributed by atoms with E-state index >= 15 is 0 Å². The maximum atomic E-state index is 12.7. The summed E-state index contributed by atoms with van der Waals surface area (Å²) in [6.07, 6.45) is 1.72. The Morgan fingerprint density at radius 3 is 2.52 bits per heavy atom. The Balaban J connectivity index is 1.77. The zero-order chi connectivity index (χ0) is 19.6. The Bertz CT molecular complexity index is 986. The number of hydrogen-bond acceptors (Lipinski definition) is 5. The molecule has 1 N–H and O–H groups in total. The number of nitrogens with one attached hydrogen (secondary N) is 1. The van der Waals surface area contributed by atoms with Crippen LogP contribution in [0.3, 0.4) is 0 Å². The molecule has 1 aromatic carbocycles. The summed E-state index contributed by atoms with van der Waals surface area (Å²) >= 11 is 0. The molecule has 8 heteroatoms. The number of hydrogen-bond donors (Lipinski definition) is 1. The number of furan rings is 1. The van der Waals surface area contributed by atoms with E-state index in [4.69, 9.17) is 4.42 Å². The Labute approximate surface area is 159 Å². The van der Waals surface area contributed by atoms with Gasteiger partial charge in [-0.2, -0.15) is 9.41 Å². The van der Waals surface area contributed by atoms with Crippen LogP contribution in [-0.4, -0.2) is 37.4 Å². The van der Waals surface area contributed by atoms with Gasteiger partial charge >= 0.3 is 0 Å². The first-order valence-electron chi connectivity index (χ1n) is 8.81. The number of nitrogens with zero attached hydrogens (tertiary/aromatic N) is 2. The average molecular weight is 389 g/mol. The molecule has 1 aliphatic rings. The van der Waals surface area contributed by atoms with E-state index in [2.05, 4.69) is 10.5 Å². The molecule has 7 nitrogen and oxygen atoms in total. The van der Waals surface area contributed by atoms with Gasteiger partial charge in [-0.15, -0.1) is 0 Å². The van der Waals surface area contributed by atoms with Crippen LogP contribution in [0.5, 0.6) is 0 Å². The third-order valence-corrected chi connectivity index (χ3v) is 6.45. The zero-order valence-corrected chi connectivity index (χ0v) is 16.5. The van der Waals surface area contributed by atoms with Gasteiger partial charge in [0.25, 0.3) is 5.91 Å². The van der Waals surface area contributed by atoms with Crippen LogP contribution in [-0.2, 0) is 10.0 Å². The minimum Gasteiger partial charge on any atom is -0.466 e. The standard InChI is InChI=1S/C19H23N3O4S/c1-13-11-18(15(3)26-13)14(2)20-21-19(23)16-7-6-8-17(12-16)27(24,25)22-9-4-5-10-22/h6-8,11-12H,4-5,9-10H2,1-3H3,(H,21,23)/b20-14-. The molecule has 0 aliphatic carbocycles. The number of aryl methyl sites for hydroxylation is 2. The minimum absolute atomic E-state index is 0.124. The zero-order valence-electron chi connectivity index (χ0n) is 15.7.